The molecule has 0 aliphatic rings. The van der Waals surface area contributed by atoms with Gasteiger partial charge >= 0.3 is 0 Å². The first-order chi connectivity index (χ1) is 2.41. The van der Waals surface area contributed by atoms with Crippen LogP contribution < -0.4 is 0 Å². The minimum Gasteiger partial charge on any atom is -0.391 e. The molecule has 3 heteroatoms. The van der Waals surface area contributed by atoms with Crippen LogP contribution in [-0.4, -0.2) is 17.9 Å². The Morgan fingerprint density at radius 2 is 2.60 bits per heavy atom. The highest BCUT2D eigenvalue weighted by Crippen LogP contribution is 1.45. The molecule has 0 saturated carbocycles. The van der Waals surface area contributed by atoms with Gasteiger partial charge in [-0.15, -0.1) is 5.21 Å². The van der Waals surface area contributed by atoms with Gasteiger partial charge in [-0.05, 0) is 5.16 Å². The Bertz CT molecular complexity index is 34.6. The third kappa shape index (κ3) is 3.43. The summed E-state index contributed by atoms with van der Waals surface area (Å²) in [5.41, 5.74) is 0. The highest BCUT2D eigenvalue weighted by atomic mass is 16.4. The second-order valence-corrected chi connectivity index (χ2v) is 0.471. The Labute approximate surface area is 29.5 Å². The van der Waals surface area contributed by atoms with Crippen LogP contribution in [0.25, 0.3) is 0 Å². The third-order valence-electron chi connectivity index (χ3n) is 0.156. The van der Waals surface area contributed by atoms with Gasteiger partial charge in [-0.2, -0.15) is 0 Å². The van der Waals surface area contributed by atoms with E-state index < -0.39 is 0 Å². The van der Waals surface area contributed by atoms with Gasteiger partial charge < -0.3 is 5.11 Å². The van der Waals surface area contributed by atoms with E-state index in [1.54, 1.807) is 0 Å². The van der Waals surface area contributed by atoms with E-state index in [0.717, 1.165) is 6.21 Å². The van der Waals surface area contributed by atoms with Crippen LogP contribution in [0.3, 0.4) is 0 Å². The maximum Gasteiger partial charge on any atom is 0.0818 e. The summed E-state index contributed by atoms with van der Waals surface area (Å²) in [5.74, 6) is 0. The van der Waals surface area contributed by atoms with Gasteiger partial charge in [0.1, 0.15) is 0 Å². The summed E-state index contributed by atoms with van der Waals surface area (Å²) in [6, 6.07) is 0. The molecule has 0 heterocycles. The van der Waals surface area contributed by atoms with Gasteiger partial charge in [0.05, 0.1) is 12.8 Å². The molecule has 0 atom stereocenters. The van der Waals surface area contributed by atoms with Gasteiger partial charge in [-0.1, -0.05) is 0 Å². The smallest absolute Gasteiger partial charge is 0.0818 e. The fraction of sp³-hybridized carbons (Fsp3) is 0.500. The van der Waals surface area contributed by atoms with Crippen molar-refractivity contribution >= 4 is 6.21 Å². The summed E-state index contributed by atoms with van der Waals surface area (Å²) >= 11 is 0. The molecule has 0 aromatic carbocycles. The van der Waals surface area contributed by atoms with Crippen LogP contribution in [0, 0.1) is 0 Å². The van der Waals surface area contributed by atoms with Crippen LogP contribution in [0.2, 0.25) is 0 Å². The lowest BCUT2D eigenvalue weighted by atomic mass is 10.8. The maximum absolute atomic E-state index is 8.94. The first-order valence-electron chi connectivity index (χ1n) is 1.17. The average Bonchev–Trinajstić information content (AvgIpc) is 1.41. The normalized spacial score (nSPS) is 9.80. The largest absolute Gasteiger partial charge is 0.391 e. The van der Waals surface area contributed by atoms with Gasteiger partial charge in [0.15, 0.2) is 0 Å². The fourth-order valence-corrected chi connectivity index (χ4v) is 0.0333. The zero-order chi connectivity index (χ0) is 4.12. The molecule has 0 aromatic heterocycles. The lowest BCUT2D eigenvalue weighted by Crippen LogP contribution is -1.77. The van der Waals surface area contributed by atoms with Crippen LogP contribution >= 0.6 is 0 Å². The van der Waals surface area contributed by atoms with Crippen LogP contribution in [0.1, 0.15) is 0 Å². The predicted octanol–water partition coefficient (Wildman–Crippen LogP) is -0.605. The number of aliphatic hydroxyl groups excluding tert-OH is 1. The molecule has 1 N–H and O–H groups in total. The highest BCUT2D eigenvalue weighted by Gasteiger charge is 1.58. The molecule has 0 bridgehead atoms. The van der Waals surface area contributed by atoms with E-state index in [1.807, 2.05) is 0 Å². The summed E-state index contributed by atoms with van der Waals surface area (Å²) < 4.78 is 0. The van der Waals surface area contributed by atoms with Crippen LogP contribution in [0.15, 0.2) is 5.16 Å². The average molecular weight is 74.1 g/mol. The minimum absolute atomic E-state index is 0.260. The van der Waals surface area contributed by atoms with Crippen molar-refractivity contribution in [2.45, 2.75) is 0 Å². The predicted molar refractivity (Wildman–Crippen MR) is 16.3 cm³/mol. The number of rotatable bonds is 1. The monoisotopic (exact) mass is 74.0 g/mol. The molecule has 0 unspecified atom stereocenters. The van der Waals surface area contributed by atoms with E-state index in [4.69, 9.17) is 10.3 Å². The molecule has 0 aliphatic carbocycles. The summed E-state index contributed by atoms with van der Waals surface area (Å²) in [6.07, 6.45) is 0.875. The van der Waals surface area contributed by atoms with Gasteiger partial charge in [0.25, 0.3) is 0 Å². The van der Waals surface area contributed by atoms with Crippen molar-refractivity contribution in [2.75, 3.05) is 6.61 Å². The van der Waals surface area contributed by atoms with E-state index >= 15 is 0 Å². The summed E-state index contributed by atoms with van der Waals surface area (Å²) in [7, 11) is 0. The summed E-state index contributed by atoms with van der Waals surface area (Å²) in [6.45, 7) is -0.260. The van der Waals surface area contributed by atoms with Crippen molar-refractivity contribution in [1.29, 1.82) is 0 Å². The van der Waals surface area contributed by atoms with Crippen molar-refractivity contribution in [3.05, 3.63) is 0 Å². The Morgan fingerprint density at radius 3 is 2.60 bits per heavy atom. The minimum atomic E-state index is -0.260. The summed E-state index contributed by atoms with van der Waals surface area (Å²) in [4.78, 5) is 0. The first-order valence-corrected chi connectivity index (χ1v) is 1.17. The molecule has 0 aromatic rings. The number of hydrogen-bond donors (Lipinski definition) is 1. The zero-order valence-corrected chi connectivity index (χ0v) is 2.59. The molecular weight excluding hydrogens is 70.0 g/mol. The number of aliphatic hydroxyl groups is 1. The van der Waals surface area contributed by atoms with Crippen LogP contribution in [0.4, 0.5) is 0 Å². The lowest BCUT2D eigenvalue weighted by molar-refractivity contribution is 0.207. The molecular formula is C2H4NO2. The van der Waals surface area contributed by atoms with Gasteiger partial charge in [0.2, 0.25) is 0 Å². The molecule has 0 saturated heterocycles. The standard InChI is InChI=1S/C2H4NO2/c4-2-1-3-5/h1,4H,2H2/b3-1+. The molecule has 0 amide bonds. The molecule has 0 rings (SSSR count). The van der Waals surface area contributed by atoms with Crippen molar-refractivity contribution in [3.63, 3.8) is 0 Å². The summed E-state index contributed by atoms with van der Waals surface area (Å²) in [5, 5.41) is 18.9. The topological polar surface area (TPSA) is 52.5 Å². The Balaban J connectivity index is 2.62. The van der Waals surface area contributed by atoms with Crippen molar-refractivity contribution in [3.8, 4) is 0 Å². The lowest BCUT2D eigenvalue weighted by Gasteiger charge is -1.62. The van der Waals surface area contributed by atoms with E-state index in [2.05, 4.69) is 5.16 Å². The quantitative estimate of drug-likeness (QED) is 0.327. The third-order valence-corrected chi connectivity index (χ3v) is 0.156. The van der Waals surface area contributed by atoms with E-state index in [9.17, 15) is 0 Å². The number of nitrogens with zero attached hydrogens (tertiary/aromatic N) is 1. The van der Waals surface area contributed by atoms with Gasteiger partial charge in [-0.3, -0.25) is 0 Å². The van der Waals surface area contributed by atoms with E-state index in [1.165, 1.54) is 0 Å². The molecule has 1 radical (unpaired) electrons. The van der Waals surface area contributed by atoms with E-state index in [-0.39, 0.29) is 6.61 Å². The molecule has 3 nitrogen and oxygen atoms in total. The Kier molecular flexibility index (Phi) is 3.04. The van der Waals surface area contributed by atoms with Crippen LogP contribution in [-0.2, 0) is 5.21 Å². The van der Waals surface area contributed by atoms with E-state index in [0.29, 0.717) is 0 Å². The Hall–Kier alpha value is -0.570. The van der Waals surface area contributed by atoms with Gasteiger partial charge in [0, 0.05) is 0 Å². The molecule has 0 fully saturated rings. The van der Waals surface area contributed by atoms with Crippen molar-refractivity contribution in [2.24, 2.45) is 5.16 Å². The van der Waals surface area contributed by atoms with Crippen molar-refractivity contribution < 1.29 is 10.3 Å². The number of hydrogen-bond acceptors (Lipinski definition) is 2. The second kappa shape index (κ2) is 3.43. The highest BCUT2D eigenvalue weighted by molar-refractivity contribution is 5.56. The first kappa shape index (κ1) is 4.43. The SMILES string of the molecule is [O]/N=C/CO. The Morgan fingerprint density at radius 1 is 2.00 bits per heavy atom. The molecule has 5 heavy (non-hydrogen) atoms. The van der Waals surface area contributed by atoms with Crippen molar-refractivity contribution in [1.82, 2.24) is 0 Å². The molecule has 0 spiro atoms. The van der Waals surface area contributed by atoms with Crippen LogP contribution in [0.5, 0.6) is 0 Å². The maximum atomic E-state index is 8.94. The molecule has 29 valence electrons. The zero-order valence-electron chi connectivity index (χ0n) is 2.59. The fourth-order valence-electron chi connectivity index (χ4n) is 0.0333. The van der Waals surface area contributed by atoms with Gasteiger partial charge in [-0.25, -0.2) is 0 Å². The second-order valence-electron chi connectivity index (χ2n) is 0.471. The molecule has 0 aliphatic heterocycles.